The fourth-order valence-corrected chi connectivity index (χ4v) is 1.59. The van der Waals surface area contributed by atoms with E-state index < -0.39 is 12.7 Å². The van der Waals surface area contributed by atoms with E-state index in [2.05, 4.69) is 12.2 Å². The second-order valence-electron chi connectivity index (χ2n) is 4.90. The maximum atomic E-state index is 12.3. The van der Waals surface area contributed by atoms with Crippen molar-refractivity contribution in [3.05, 3.63) is 0 Å². The Morgan fingerprint density at radius 3 is 2.37 bits per heavy atom. The normalized spacial score (nSPS) is 12.6. The largest absolute Gasteiger partial charge is 0.401 e. The van der Waals surface area contributed by atoms with Crippen LogP contribution < -0.4 is 5.32 Å². The Hall–Kier alpha value is -0.330. The van der Waals surface area contributed by atoms with Crippen molar-refractivity contribution in [3.8, 4) is 0 Å². The molecule has 0 saturated carbocycles. The zero-order chi connectivity index (χ0) is 14.7. The predicted octanol–water partition coefficient (Wildman–Crippen LogP) is 2.67. The average molecular weight is 284 g/mol. The monoisotopic (exact) mass is 284 g/mol. The summed E-state index contributed by atoms with van der Waals surface area (Å²) < 4.78 is 42.3. The molecule has 0 aliphatic rings. The minimum absolute atomic E-state index is 0.107. The molecule has 3 nitrogen and oxygen atoms in total. The van der Waals surface area contributed by atoms with Crippen LogP contribution in [0.1, 0.15) is 33.6 Å². The quantitative estimate of drug-likeness (QED) is 0.590. The third kappa shape index (κ3) is 12.4. The van der Waals surface area contributed by atoms with E-state index in [9.17, 15) is 13.2 Å². The second-order valence-corrected chi connectivity index (χ2v) is 4.90. The van der Waals surface area contributed by atoms with Gasteiger partial charge in [0, 0.05) is 32.3 Å². The van der Waals surface area contributed by atoms with Gasteiger partial charge in [0.05, 0.1) is 13.2 Å². The Labute approximate surface area is 114 Å². The highest BCUT2D eigenvalue weighted by Crippen LogP contribution is 2.17. The van der Waals surface area contributed by atoms with Crippen molar-refractivity contribution < 1.29 is 17.9 Å². The van der Waals surface area contributed by atoms with Gasteiger partial charge in [-0.05, 0) is 20.3 Å². The minimum Gasteiger partial charge on any atom is -0.380 e. The summed E-state index contributed by atoms with van der Waals surface area (Å²) in [5.41, 5.74) is 0. The topological polar surface area (TPSA) is 24.5 Å². The number of unbranched alkanes of at least 4 members (excludes halogenated alkanes) is 1. The second kappa shape index (κ2) is 10.5. The number of nitrogens with zero attached hydrogens (tertiary/aromatic N) is 1. The van der Waals surface area contributed by atoms with Gasteiger partial charge >= 0.3 is 6.18 Å². The van der Waals surface area contributed by atoms with E-state index in [-0.39, 0.29) is 6.04 Å². The lowest BCUT2D eigenvalue weighted by Gasteiger charge is -2.27. The predicted molar refractivity (Wildman–Crippen MR) is 71.4 cm³/mol. The summed E-state index contributed by atoms with van der Waals surface area (Å²) >= 11 is 0. The van der Waals surface area contributed by atoms with Crippen molar-refractivity contribution >= 4 is 0 Å². The molecule has 0 fully saturated rings. The van der Waals surface area contributed by atoms with Crippen LogP contribution in [0, 0.1) is 0 Å². The van der Waals surface area contributed by atoms with E-state index in [1.165, 1.54) is 4.90 Å². The SMILES string of the molecule is CCCCOCCNCCN(CC(F)(F)F)C(C)C. The van der Waals surface area contributed by atoms with E-state index in [4.69, 9.17) is 4.74 Å². The maximum Gasteiger partial charge on any atom is 0.401 e. The fourth-order valence-electron chi connectivity index (χ4n) is 1.59. The maximum absolute atomic E-state index is 12.3. The highest BCUT2D eigenvalue weighted by Gasteiger charge is 2.31. The average Bonchev–Trinajstić information content (AvgIpc) is 2.29. The van der Waals surface area contributed by atoms with E-state index >= 15 is 0 Å². The van der Waals surface area contributed by atoms with E-state index in [1.54, 1.807) is 13.8 Å². The van der Waals surface area contributed by atoms with E-state index in [0.717, 1.165) is 19.4 Å². The molecule has 116 valence electrons. The Morgan fingerprint density at radius 2 is 1.84 bits per heavy atom. The van der Waals surface area contributed by atoms with Gasteiger partial charge in [-0.2, -0.15) is 13.2 Å². The van der Waals surface area contributed by atoms with Crippen molar-refractivity contribution in [1.82, 2.24) is 10.2 Å². The molecule has 0 aliphatic carbocycles. The lowest BCUT2D eigenvalue weighted by Crippen LogP contribution is -2.43. The Kier molecular flexibility index (Phi) is 10.3. The molecular weight excluding hydrogens is 257 g/mol. The number of hydrogen-bond acceptors (Lipinski definition) is 3. The Bertz CT molecular complexity index is 211. The minimum atomic E-state index is -4.13. The standard InChI is InChI=1S/C13H27F3N2O/c1-4-5-9-19-10-7-17-6-8-18(12(2)3)11-13(14,15)16/h12,17H,4-11H2,1-3H3. The Balaban J connectivity index is 3.60. The molecule has 0 rings (SSSR count). The van der Waals surface area contributed by atoms with Gasteiger partial charge in [0.1, 0.15) is 0 Å². The van der Waals surface area contributed by atoms with Crippen LogP contribution in [0.5, 0.6) is 0 Å². The molecule has 0 bridgehead atoms. The summed E-state index contributed by atoms with van der Waals surface area (Å²) in [5.74, 6) is 0. The number of rotatable bonds is 11. The zero-order valence-corrected chi connectivity index (χ0v) is 12.2. The molecule has 6 heteroatoms. The first kappa shape index (κ1) is 18.7. The first-order chi connectivity index (χ1) is 8.87. The number of alkyl halides is 3. The molecule has 19 heavy (non-hydrogen) atoms. The highest BCUT2D eigenvalue weighted by molar-refractivity contribution is 4.68. The molecule has 0 atom stereocenters. The van der Waals surface area contributed by atoms with Gasteiger partial charge in [-0.1, -0.05) is 13.3 Å². The summed E-state index contributed by atoms with van der Waals surface area (Å²) in [6.07, 6.45) is -1.98. The number of ether oxygens (including phenoxy) is 1. The third-order valence-electron chi connectivity index (χ3n) is 2.75. The van der Waals surface area contributed by atoms with E-state index in [0.29, 0.717) is 26.2 Å². The van der Waals surface area contributed by atoms with Crippen molar-refractivity contribution in [2.45, 2.75) is 45.8 Å². The molecule has 0 saturated heterocycles. The third-order valence-corrected chi connectivity index (χ3v) is 2.75. The molecule has 0 aromatic heterocycles. The molecule has 0 spiro atoms. The Morgan fingerprint density at radius 1 is 1.16 bits per heavy atom. The molecule has 0 heterocycles. The van der Waals surface area contributed by atoms with Crippen LogP contribution in [-0.4, -0.2) is 56.5 Å². The van der Waals surface area contributed by atoms with Crippen LogP contribution in [0.25, 0.3) is 0 Å². The fraction of sp³-hybridized carbons (Fsp3) is 1.00. The van der Waals surface area contributed by atoms with Gasteiger partial charge in [-0.25, -0.2) is 0 Å². The summed E-state index contributed by atoms with van der Waals surface area (Å²) in [7, 11) is 0. The molecule has 1 N–H and O–H groups in total. The van der Waals surface area contributed by atoms with Crippen molar-refractivity contribution in [2.75, 3.05) is 39.4 Å². The zero-order valence-electron chi connectivity index (χ0n) is 12.2. The van der Waals surface area contributed by atoms with Crippen LogP contribution in [0.2, 0.25) is 0 Å². The van der Waals surface area contributed by atoms with Gasteiger partial charge in [0.25, 0.3) is 0 Å². The molecule has 0 radical (unpaired) electrons. The van der Waals surface area contributed by atoms with Crippen molar-refractivity contribution in [2.24, 2.45) is 0 Å². The number of nitrogens with one attached hydrogen (secondary N) is 1. The highest BCUT2D eigenvalue weighted by atomic mass is 19.4. The van der Waals surface area contributed by atoms with E-state index in [1.807, 2.05) is 0 Å². The van der Waals surface area contributed by atoms with Gasteiger partial charge in [0.15, 0.2) is 0 Å². The van der Waals surface area contributed by atoms with Crippen molar-refractivity contribution in [1.29, 1.82) is 0 Å². The number of hydrogen-bond donors (Lipinski definition) is 1. The van der Waals surface area contributed by atoms with Crippen LogP contribution in [-0.2, 0) is 4.74 Å². The molecular formula is C13H27F3N2O. The van der Waals surface area contributed by atoms with Gasteiger partial charge < -0.3 is 10.1 Å². The summed E-state index contributed by atoms with van der Waals surface area (Å²) in [6.45, 7) is 7.80. The van der Waals surface area contributed by atoms with Crippen LogP contribution in [0.15, 0.2) is 0 Å². The number of halogens is 3. The summed E-state index contributed by atoms with van der Waals surface area (Å²) in [6, 6.07) is -0.107. The summed E-state index contributed by atoms with van der Waals surface area (Å²) in [4.78, 5) is 1.42. The summed E-state index contributed by atoms with van der Waals surface area (Å²) in [5, 5.41) is 3.10. The lowest BCUT2D eigenvalue weighted by molar-refractivity contribution is -0.149. The first-order valence-corrected chi connectivity index (χ1v) is 6.96. The van der Waals surface area contributed by atoms with Crippen LogP contribution in [0.3, 0.4) is 0 Å². The van der Waals surface area contributed by atoms with Gasteiger partial charge in [-0.15, -0.1) is 0 Å². The smallest absolute Gasteiger partial charge is 0.380 e. The van der Waals surface area contributed by atoms with Crippen LogP contribution >= 0.6 is 0 Å². The van der Waals surface area contributed by atoms with Crippen molar-refractivity contribution in [3.63, 3.8) is 0 Å². The lowest BCUT2D eigenvalue weighted by atomic mass is 10.3. The molecule has 0 aromatic carbocycles. The van der Waals surface area contributed by atoms with Gasteiger partial charge in [0.2, 0.25) is 0 Å². The van der Waals surface area contributed by atoms with Gasteiger partial charge in [-0.3, -0.25) is 4.90 Å². The molecule has 0 aromatic rings. The van der Waals surface area contributed by atoms with Crippen LogP contribution in [0.4, 0.5) is 13.2 Å². The molecule has 0 unspecified atom stereocenters. The molecule has 0 aliphatic heterocycles. The first-order valence-electron chi connectivity index (χ1n) is 6.96. The molecule has 0 amide bonds.